The van der Waals surface area contributed by atoms with Crippen LogP contribution in [-0.2, 0) is 0 Å². The highest BCUT2D eigenvalue weighted by Crippen LogP contribution is 2.28. The number of fused-ring (bicyclic) bond motifs is 2. The maximum atomic E-state index is 9.56. The van der Waals surface area contributed by atoms with Crippen LogP contribution in [0.4, 0.5) is 0 Å². The Labute approximate surface area is 216 Å². The van der Waals surface area contributed by atoms with Crippen LogP contribution in [0.5, 0.6) is 17.2 Å². The number of aryl methyl sites for hydroxylation is 2. The number of hydrogen-bond acceptors (Lipinski definition) is 5. The molecule has 0 radical (unpaired) electrons. The number of benzene rings is 4. The quantitative estimate of drug-likeness (QED) is 0.222. The molecular formula is C32H28N2O3. The van der Waals surface area contributed by atoms with Crippen LogP contribution < -0.4 is 0 Å². The largest absolute Gasteiger partial charge is 0.507 e. The Morgan fingerprint density at radius 2 is 0.892 bits per heavy atom. The van der Waals surface area contributed by atoms with Gasteiger partial charge in [0, 0.05) is 27.7 Å². The van der Waals surface area contributed by atoms with Crippen molar-refractivity contribution in [3.63, 3.8) is 0 Å². The lowest BCUT2D eigenvalue weighted by atomic mass is 10.1. The number of aromatic nitrogens is 2. The van der Waals surface area contributed by atoms with Gasteiger partial charge in [0.25, 0.3) is 0 Å². The van der Waals surface area contributed by atoms with Crippen molar-refractivity contribution in [1.29, 1.82) is 0 Å². The van der Waals surface area contributed by atoms with Gasteiger partial charge in [-0.1, -0.05) is 84.9 Å². The van der Waals surface area contributed by atoms with E-state index in [2.05, 4.69) is 9.97 Å². The van der Waals surface area contributed by atoms with Gasteiger partial charge < -0.3 is 15.3 Å². The van der Waals surface area contributed by atoms with Crippen molar-refractivity contribution in [1.82, 2.24) is 9.97 Å². The summed E-state index contributed by atoms with van der Waals surface area (Å²) in [7, 11) is 0. The van der Waals surface area contributed by atoms with E-state index in [4.69, 9.17) is 0 Å². The molecular weight excluding hydrogens is 460 g/mol. The molecule has 0 saturated heterocycles. The highest BCUT2D eigenvalue weighted by molar-refractivity contribution is 5.84. The van der Waals surface area contributed by atoms with Crippen LogP contribution in [0, 0.1) is 13.8 Å². The van der Waals surface area contributed by atoms with Crippen molar-refractivity contribution in [2.45, 2.75) is 13.8 Å². The third-order valence-corrected chi connectivity index (χ3v) is 5.67. The van der Waals surface area contributed by atoms with Crippen LogP contribution in [0.1, 0.15) is 11.4 Å². The Hall–Kier alpha value is -4.90. The van der Waals surface area contributed by atoms with Crippen molar-refractivity contribution < 1.29 is 15.3 Å². The van der Waals surface area contributed by atoms with Crippen molar-refractivity contribution >= 4 is 21.8 Å². The SMILES string of the molecule is Cc1ccc2cccc(O)c2n1.Cc1ccc2cccc(O)c2n1.Oc1ccccc1-c1ccccc1. The van der Waals surface area contributed by atoms with Gasteiger partial charge >= 0.3 is 0 Å². The van der Waals surface area contributed by atoms with Gasteiger partial charge in [-0.15, -0.1) is 0 Å². The summed E-state index contributed by atoms with van der Waals surface area (Å²) in [5.41, 5.74) is 5.12. The fraction of sp³-hybridized carbons (Fsp3) is 0.0625. The van der Waals surface area contributed by atoms with Crippen LogP contribution in [0.2, 0.25) is 0 Å². The zero-order chi connectivity index (χ0) is 26.2. The standard InChI is InChI=1S/C12H10O.2C10H9NO/c13-12-9-5-4-8-11(12)10-6-2-1-3-7-10;2*1-7-5-6-8-3-2-4-9(12)10(8)11-7/h1-9,13H;2*2-6,12H,1H3. The number of pyridine rings is 2. The van der Waals surface area contributed by atoms with E-state index >= 15 is 0 Å². The predicted octanol–water partition coefficient (Wildman–Crippen LogP) is 7.56. The summed E-state index contributed by atoms with van der Waals surface area (Å²) in [4.78, 5) is 8.45. The summed E-state index contributed by atoms with van der Waals surface area (Å²) in [5, 5.41) is 30.4. The van der Waals surface area contributed by atoms with Gasteiger partial charge in [0.1, 0.15) is 28.3 Å². The molecule has 0 aliphatic heterocycles. The number of aromatic hydroxyl groups is 3. The van der Waals surface area contributed by atoms with Crippen molar-refractivity contribution in [2.24, 2.45) is 0 Å². The van der Waals surface area contributed by atoms with Gasteiger partial charge in [-0.05, 0) is 49.7 Å². The fourth-order valence-electron chi connectivity index (χ4n) is 3.79. The highest BCUT2D eigenvalue weighted by Gasteiger charge is 2.01. The van der Waals surface area contributed by atoms with Gasteiger partial charge in [-0.3, -0.25) is 0 Å². The van der Waals surface area contributed by atoms with E-state index in [1.165, 1.54) is 0 Å². The van der Waals surface area contributed by atoms with E-state index in [1.807, 2.05) is 111 Å². The molecule has 0 saturated carbocycles. The molecule has 37 heavy (non-hydrogen) atoms. The first-order valence-corrected chi connectivity index (χ1v) is 11.9. The number of hydrogen-bond donors (Lipinski definition) is 3. The average molecular weight is 489 g/mol. The van der Waals surface area contributed by atoms with Gasteiger partial charge in [0.15, 0.2) is 0 Å². The van der Waals surface area contributed by atoms with Crippen molar-refractivity contribution in [3.8, 4) is 28.4 Å². The molecule has 0 aliphatic carbocycles. The summed E-state index contributed by atoms with van der Waals surface area (Å²) in [5.74, 6) is 0.820. The number of phenols is 3. The molecule has 6 rings (SSSR count). The lowest BCUT2D eigenvalue weighted by molar-refractivity contribution is 0.477. The topological polar surface area (TPSA) is 86.5 Å². The van der Waals surface area contributed by atoms with Crippen molar-refractivity contribution in [3.05, 3.63) is 127 Å². The summed E-state index contributed by atoms with van der Waals surface area (Å²) in [6, 6.07) is 35.8. The molecule has 184 valence electrons. The number of rotatable bonds is 1. The third kappa shape index (κ3) is 6.41. The molecule has 2 heterocycles. The number of para-hydroxylation sites is 3. The molecule has 5 nitrogen and oxygen atoms in total. The monoisotopic (exact) mass is 488 g/mol. The average Bonchev–Trinajstić information content (AvgIpc) is 2.91. The molecule has 0 aliphatic rings. The number of phenolic OH excluding ortho intramolecular Hbond substituents is 3. The van der Waals surface area contributed by atoms with Crippen molar-refractivity contribution in [2.75, 3.05) is 0 Å². The molecule has 4 aromatic carbocycles. The Morgan fingerprint density at radius 3 is 1.41 bits per heavy atom. The van der Waals surface area contributed by atoms with E-state index in [0.29, 0.717) is 16.8 Å². The number of nitrogens with zero attached hydrogens (tertiary/aromatic N) is 2. The summed E-state index contributed by atoms with van der Waals surface area (Å²) in [6.07, 6.45) is 0. The minimum Gasteiger partial charge on any atom is -0.507 e. The second kappa shape index (κ2) is 11.7. The second-order valence-electron chi connectivity index (χ2n) is 8.49. The van der Waals surface area contributed by atoms with Gasteiger partial charge in [-0.2, -0.15) is 0 Å². The molecule has 0 atom stereocenters. The van der Waals surface area contributed by atoms with Crippen LogP contribution >= 0.6 is 0 Å². The maximum absolute atomic E-state index is 9.56. The molecule has 0 bridgehead atoms. The summed E-state index contributed by atoms with van der Waals surface area (Å²) < 4.78 is 0. The Morgan fingerprint density at radius 1 is 0.432 bits per heavy atom. The first kappa shape index (κ1) is 25.2. The van der Waals surface area contributed by atoms with Crippen LogP contribution in [0.3, 0.4) is 0 Å². The van der Waals surface area contributed by atoms with E-state index < -0.39 is 0 Å². The summed E-state index contributed by atoms with van der Waals surface area (Å²) >= 11 is 0. The Balaban J connectivity index is 0.000000130. The zero-order valence-electron chi connectivity index (χ0n) is 20.7. The zero-order valence-corrected chi connectivity index (χ0v) is 20.7. The van der Waals surface area contributed by atoms with E-state index in [9.17, 15) is 15.3 Å². The van der Waals surface area contributed by atoms with E-state index in [-0.39, 0.29) is 11.5 Å². The smallest absolute Gasteiger partial charge is 0.141 e. The van der Waals surface area contributed by atoms with Crippen LogP contribution in [0.15, 0.2) is 115 Å². The second-order valence-corrected chi connectivity index (χ2v) is 8.49. The molecule has 6 aromatic rings. The summed E-state index contributed by atoms with van der Waals surface area (Å²) in [6.45, 7) is 3.82. The highest BCUT2D eigenvalue weighted by atomic mass is 16.3. The molecule has 2 aromatic heterocycles. The van der Waals surface area contributed by atoms with Crippen LogP contribution in [-0.4, -0.2) is 25.3 Å². The molecule has 0 fully saturated rings. The normalized spacial score (nSPS) is 10.2. The Bertz CT molecular complexity index is 1550. The molecule has 0 amide bonds. The maximum Gasteiger partial charge on any atom is 0.141 e. The van der Waals surface area contributed by atoms with Gasteiger partial charge in [0.05, 0.1) is 0 Å². The Kier molecular flexibility index (Phi) is 7.96. The lowest BCUT2D eigenvalue weighted by Crippen LogP contribution is -1.82. The third-order valence-electron chi connectivity index (χ3n) is 5.67. The molecule has 5 heteroatoms. The first-order chi connectivity index (χ1) is 17.9. The minimum atomic E-state index is 0.246. The first-order valence-electron chi connectivity index (χ1n) is 11.9. The molecule has 3 N–H and O–H groups in total. The van der Waals surface area contributed by atoms with Gasteiger partial charge in [-0.25, -0.2) is 9.97 Å². The molecule has 0 unspecified atom stereocenters. The van der Waals surface area contributed by atoms with Crippen LogP contribution in [0.25, 0.3) is 32.9 Å². The molecule has 0 spiro atoms. The van der Waals surface area contributed by atoms with Gasteiger partial charge in [0.2, 0.25) is 0 Å². The van der Waals surface area contributed by atoms with E-state index in [1.54, 1.807) is 18.2 Å². The fourth-order valence-corrected chi connectivity index (χ4v) is 3.79. The predicted molar refractivity (Wildman–Crippen MR) is 150 cm³/mol. The lowest BCUT2D eigenvalue weighted by Gasteiger charge is -2.02. The van der Waals surface area contributed by atoms with E-state index in [0.717, 1.165) is 33.3 Å². The minimum absolute atomic E-state index is 0.246.